The Hall–Kier alpha value is -0.730. The minimum absolute atomic E-state index is 0.680. The largest absolute Gasteiger partial charge is 0.355 e. The van der Waals surface area contributed by atoms with Crippen LogP contribution in [0.25, 0.3) is 0 Å². The van der Waals surface area contributed by atoms with Crippen LogP contribution < -0.4 is 10.6 Å². The molecule has 2 aliphatic rings. The summed E-state index contributed by atoms with van der Waals surface area (Å²) >= 11 is 0. The minimum Gasteiger partial charge on any atom is -0.355 e. The Morgan fingerprint density at radius 3 is 2.91 bits per heavy atom. The molecule has 62 valence electrons. The van der Waals surface area contributed by atoms with Crippen LogP contribution in [0.15, 0.2) is 4.99 Å². The molecule has 11 heavy (non-hydrogen) atoms. The molecule has 1 aliphatic carbocycles. The molecule has 0 amide bonds. The van der Waals surface area contributed by atoms with Gasteiger partial charge in [-0.15, -0.1) is 0 Å². The van der Waals surface area contributed by atoms with E-state index in [0.29, 0.717) is 6.04 Å². The van der Waals surface area contributed by atoms with E-state index in [1.54, 1.807) is 0 Å². The van der Waals surface area contributed by atoms with Crippen LogP contribution in [0.2, 0.25) is 0 Å². The first-order valence-electron chi connectivity index (χ1n) is 4.41. The Labute approximate surface area is 67.3 Å². The fraction of sp³-hybridized carbons (Fsp3) is 0.875. The number of aliphatic imine (C=N–C) groups is 1. The van der Waals surface area contributed by atoms with Crippen LogP contribution in [0.3, 0.4) is 0 Å². The zero-order chi connectivity index (χ0) is 7.68. The van der Waals surface area contributed by atoms with E-state index in [9.17, 15) is 0 Å². The molecule has 0 radical (unpaired) electrons. The molecular formula is C8H15N3. The molecule has 3 nitrogen and oxygen atoms in total. The number of guanidine groups is 1. The lowest BCUT2D eigenvalue weighted by molar-refractivity contribution is 0.256. The van der Waals surface area contributed by atoms with Crippen molar-refractivity contribution in [3.63, 3.8) is 0 Å². The third-order valence-electron chi connectivity index (χ3n) is 2.62. The first-order valence-corrected chi connectivity index (χ1v) is 4.41. The Balaban J connectivity index is 1.80. The Bertz CT molecular complexity index is 176. The minimum atomic E-state index is 0.680. The molecule has 1 aliphatic heterocycles. The van der Waals surface area contributed by atoms with E-state index in [1.807, 2.05) is 0 Å². The van der Waals surface area contributed by atoms with Gasteiger partial charge < -0.3 is 10.6 Å². The Kier molecular flexibility index (Phi) is 1.72. The lowest BCUT2D eigenvalue weighted by Crippen LogP contribution is -2.48. The highest BCUT2D eigenvalue weighted by atomic mass is 15.2. The molecule has 0 bridgehead atoms. The molecule has 0 aromatic rings. The average molecular weight is 153 g/mol. The zero-order valence-corrected chi connectivity index (χ0v) is 6.93. The fourth-order valence-electron chi connectivity index (χ4n) is 1.55. The number of nitrogens with one attached hydrogen (secondary N) is 2. The molecule has 1 saturated carbocycles. The van der Waals surface area contributed by atoms with Crippen molar-refractivity contribution < 1.29 is 0 Å². The van der Waals surface area contributed by atoms with Gasteiger partial charge >= 0.3 is 0 Å². The summed E-state index contributed by atoms with van der Waals surface area (Å²) in [5.41, 5.74) is 0. The van der Waals surface area contributed by atoms with E-state index < -0.39 is 0 Å². The zero-order valence-electron chi connectivity index (χ0n) is 6.93. The highest BCUT2D eigenvalue weighted by molar-refractivity contribution is 5.81. The Morgan fingerprint density at radius 1 is 1.55 bits per heavy atom. The molecule has 1 fully saturated rings. The van der Waals surface area contributed by atoms with Crippen LogP contribution in [-0.4, -0.2) is 25.1 Å². The molecule has 0 saturated heterocycles. The number of rotatable bonds is 1. The van der Waals surface area contributed by atoms with Crippen molar-refractivity contribution in [2.24, 2.45) is 10.9 Å². The van der Waals surface area contributed by atoms with Gasteiger partial charge in [-0.05, 0) is 18.8 Å². The standard InChI is InChI=1S/C8H15N3/c1-6-2-3-7(6)11-8-9-4-5-10-8/h6-7H,2-5H2,1H3,(H2,9,10,11). The van der Waals surface area contributed by atoms with Gasteiger partial charge in [-0.2, -0.15) is 0 Å². The van der Waals surface area contributed by atoms with Gasteiger partial charge in [0.25, 0.3) is 0 Å². The average Bonchev–Trinajstić information content (AvgIpc) is 2.49. The quantitative estimate of drug-likeness (QED) is 0.569. The lowest BCUT2D eigenvalue weighted by Gasteiger charge is -2.34. The summed E-state index contributed by atoms with van der Waals surface area (Å²) in [6.45, 7) is 4.23. The summed E-state index contributed by atoms with van der Waals surface area (Å²) < 4.78 is 0. The first-order chi connectivity index (χ1) is 5.36. The van der Waals surface area contributed by atoms with E-state index in [2.05, 4.69) is 22.5 Å². The molecule has 3 heteroatoms. The molecule has 0 spiro atoms. The first kappa shape index (κ1) is 6.95. The normalized spacial score (nSPS) is 35.5. The van der Waals surface area contributed by atoms with Crippen LogP contribution in [0, 0.1) is 5.92 Å². The van der Waals surface area contributed by atoms with Crippen LogP contribution in [-0.2, 0) is 0 Å². The Morgan fingerprint density at radius 2 is 2.45 bits per heavy atom. The maximum atomic E-state index is 4.29. The van der Waals surface area contributed by atoms with Gasteiger partial charge in [0.15, 0.2) is 5.96 Å². The van der Waals surface area contributed by atoms with Gasteiger partial charge in [-0.1, -0.05) is 6.92 Å². The number of nitrogens with zero attached hydrogens (tertiary/aromatic N) is 1. The fourth-order valence-corrected chi connectivity index (χ4v) is 1.55. The van der Waals surface area contributed by atoms with E-state index >= 15 is 0 Å². The van der Waals surface area contributed by atoms with Crippen molar-refractivity contribution in [2.75, 3.05) is 13.1 Å². The molecule has 1 heterocycles. The van der Waals surface area contributed by atoms with E-state index in [-0.39, 0.29) is 0 Å². The highest BCUT2D eigenvalue weighted by Gasteiger charge is 2.27. The summed E-state index contributed by atoms with van der Waals surface area (Å²) in [7, 11) is 0. The number of hydrogen-bond donors (Lipinski definition) is 2. The van der Waals surface area contributed by atoms with Crippen LogP contribution in [0.5, 0.6) is 0 Å². The molecule has 2 rings (SSSR count). The van der Waals surface area contributed by atoms with Crippen LogP contribution >= 0.6 is 0 Å². The maximum absolute atomic E-state index is 4.29. The maximum Gasteiger partial charge on any atom is 0.191 e. The van der Waals surface area contributed by atoms with E-state index in [1.165, 1.54) is 12.8 Å². The topological polar surface area (TPSA) is 36.4 Å². The van der Waals surface area contributed by atoms with Crippen molar-refractivity contribution in [1.29, 1.82) is 0 Å². The van der Waals surface area contributed by atoms with Gasteiger partial charge in [-0.25, -0.2) is 0 Å². The summed E-state index contributed by atoms with van der Waals surface area (Å²) in [5.74, 6) is 1.85. The molecule has 0 aromatic carbocycles. The van der Waals surface area contributed by atoms with Crippen LogP contribution in [0.4, 0.5) is 0 Å². The lowest BCUT2D eigenvalue weighted by atomic mass is 9.81. The molecule has 2 atom stereocenters. The van der Waals surface area contributed by atoms with Crippen molar-refractivity contribution in [1.82, 2.24) is 10.6 Å². The van der Waals surface area contributed by atoms with Crippen molar-refractivity contribution in [3.8, 4) is 0 Å². The SMILES string of the molecule is CC1CCC1NC1=NCCN1. The smallest absolute Gasteiger partial charge is 0.191 e. The second-order valence-electron chi connectivity index (χ2n) is 3.46. The molecule has 2 unspecified atom stereocenters. The van der Waals surface area contributed by atoms with E-state index in [0.717, 1.165) is 25.0 Å². The highest BCUT2D eigenvalue weighted by Crippen LogP contribution is 2.26. The van der Waals surface area contributed by atoms with E-state index in [4.69, 9.17) is 0 Å². The van der Waals surface area contributed by atoms with Gasteiger partial charge in [0.2, 0.25) is 0 Å². The molecular weight excluding hydrogens is 138 g/mol. The van der Waals surface area contributed by atoms with Gasteiger partial charge in [-0.3, -0.25) is 4.99 Å². The van der Waals surface area contributed by atoms with Crippen molar-refractivity contribution in [3.05, 3.63) is 0 Å². The predicted molar refractivity (Wildman–Crippen MR) is 45.6 cm³/mol. The van der Waals surface area contributed by atoms with Gasteiger partial charge in [0, 0.05) is 12.6 Å². The van der Waals surface area contributed by atoms with Gasteiger partial charge in [0.1, 0.15) is 0 Å². The van der Waals surface area contributed by atoms with Crippen molar-refractivity contribution in [2.45, 2.75) is 25.8 Å². The second-order valence-corrected chi connectivity index (χ2v) is 3.46. The van der Waals surface area contributed by atoms with Gasteiger partial charge in [0.05, 0.1) is 6.54 Å². The third-order valence-corrected chi connectivity index (χ3v) is 2.62. The number of hydrogen-bond acceptors (Lipinski definition) is 3. The summed E-state index contributed by atoms with van der Waals surface area (Å²) in [6, 6.07) is 0.680. The third kappa shape index (κ3) is 1.32. The molecule has 0 aromatic heterocycles. The summed E-state index contributed by atoms with van der Waals surface area (Å²) in [4.78, 5) is 4.29. The monoisotopic (exact) mass is 153 g/mol. The predicted octanol–water partition coefficient (Wildman–Crippen LogP) is 0.334. The van der Waals surface area contributed by atoms with Crippen LogP contribution in [0.1, 0.15) is 19.8 Å². The second kappa shape index (κ2) is 2.72. The van der Waals surface area contributed by atoms with Crippen molar-refractivity contribution >= 4 is 5.96 Å². The summed E-state index contributed by atoms with van der Waals surface area (Å²) in [5, 5.41) is 6.62. The summed E-state index contributed by atoms with van der Waals surface area (Å²) in [6.07, 6.45) is 2.67. The molecule has 2 N–H and O–H groups in total.